The summed E-state index contributed by atoms with van der Waals surface area (Å²) in [5.74, 6) is 0.137. The van der Waals surface area contributed by atoms with Crippen molar-refractivity contribution in [1.29, 1.82) is 0 Å². The van der Waals surface area contributed by atoms with Crippen molar-refractivity contribution >= 4 is 28.2 Å². The molecule has 0 amide bonds. The standard InChI is InChI=1S/C21H23FN2O6S/c1-12-8-17(28-5)18(10-14(12)22)29-11-19-23-15-9-13(31(26)27)6-7-16(15)24(19)20(25)30-21(2,3)4/h6-10H,11H2,1-5H3,(H,26,27)/p-1. The second-order valence-electron chi connectivity index (χ2n) is 7.77. The van der Waals surface area contributed by atoms with Gasteiger partial charge >= 0.3 is 6.09 Å². The largest absolute Gasteiger partial charge is 0.768 e. The fraction of sp³-hybridized carbons (Fsp3) is 0.333. The van der Waals surface area contributed by atoms with Crippen molar-refractivity contribution < 1.29 is 32.2 Å². The molecule has 166 valence electrons. The number of hydrogen-bond donors (Lipinski definition) is 0. The van der Waals surface area contributed by atoms with Crippen molar-refractivity contribution in [3.05, 3.63) is 47.5 Å². The van der Waals surface area contributed by atoms with E-state index in [1.165, 1.54) is 42.0 Å². The zero-order chi connectivity index (χ0) is 22.9. The van der Waals surface area contributed by atoms with E-state index in [2.05, 4.69) is 4.98 Å². The molecule has 1 heterocycles. The van der Waals surface area contributed by atoms with E-state index in [0.29, 0.717) is 16.8 Å². The summed E-state index contributed by atoms with van der Waals surface area (Å²) in [6.07, 6.45) is -0.702. The van der Waals surface area contributed by atoms with Gasteiger partial charge in [-0.1, -0.05) is 0 Å². The number of hydrogen-bond acceptors (Lipinski definition) is 7. The molecule has 0 aliphatic heterocycles. The lowest BCUT2D eigenvalue weighted by atomic mass is 10.2. The highest BCUT2D eigenvalue weighted by molar-refractivity contribution is 7.79. The second kappa shape index (κ2) is 8.64. The van der Waals surface area contributed by atoms with Crippen molar-refractivity contribution in [2.45, 2.75) is 44.8 Å². The first-order valence-electron chi connectivity index (χ1n) is 9.31. The highest BCUT2D eigenvalue weighted by atomic mass is 32.2. The maximum atomic E-state index is 14.0. The number of benzene rings is 2. The maximum Gasteiger partial charge on any atom is 0.420 e. The molecule has 0 aliphatic rings. The van der Waals surface area contributed by atoms with E-state index >= 15 is 0 Å². The van der Waals surface area contributed by atoms with E-state index in [0.717, 1.165) is 0 Å². The highest BCUT2D eigenvalue weighted by Crippen LogP contribution is 2.31. The molecule has 2 aromatic carbocycles. The number of fused-ring (bicyclic) bond motifs is 1. The topological polar surface area (TPSA) is 103 Å². The maximum absolute atomic E-state index is 14.0. The molecule has 10 heteroatoms. The average molecular weight is 449 g/mol. The Balaban J connectivity index is 2.04. The van der Waals surface area contributed by atoms with E-state index in [1.54, 1.807) is 27.7 Å². The molecule has 3 aromatic rings. The van der Waals surface area contributed by atoms with E-state index in [9.17, 15) is 17.9 Å². The smallest absolute Gasteiger partial charge is 0.420 e. The summed E-state index contributed by atoms with van der Waals surface area (Å²) >= 11 is -2.46. The van der Waals surface area contributed by atoms with Gasteiger partial charge in [0.25, 0.3) is 0 Å². The molecule has 0 saturated heterocycles. The summed E-state index contributed by atoms with van der Waals surface area (Å²) < 4.78 is 54.2. The third-order valence-electron chi connectivity index (χ3n) is 4.27. The number of methoxy groups -OCH3 is 1. The Morgan fingerprint density at radius 1 is 1.23 bits per heavy atom. The quantitative estimate of drug-likeness (QED) is 0.541. The molecule has 0 spiro atoms. The van der Waals surface area contributed by atoms with Crippen LogP contribution in [0.5, 0.6) is 11.5 Å². The molecule has 31 heavy (non-hydrogen) atoms. The first-order chi connectivity index (χ1) is 14.5. The van der Waals surface area contributed by atoms with Crippen LogP contribution < -0.4 is 9.47 Å². The SMILES string of the molecule is COc1cc(C)c(F)cc1OCc1nc2cc(S(=O)[O-])ccc2n1C(=O)OC(C)(C)C. The van der Waals surface area contributed by atoms with Crippen molar-refractivity contribution in [2.75, 3.05) is 7.11 Å². The Kier molecular flexibility index (Phi) is 6.33. The van der Waals surface area contributed by atoms with Gasteiger partial charge in [-0.25, -0.2) is 18.7 Å². The lowest BCUT2D eigenvalue weighted by Crippen LogP contribution is -2.28. The summed E-state index contributed by atoms with van der Waals surface area (Å²) in [5, 5.41) is 0. The van der Waals surface area contributed by atoms with Crippen LogP contribution in [0.3, 0.4) is 0 Å². The van der Waals surface area contributed by atoms with Gasteiger partial charge in [-0.2, -0.15) is 0 Å². The number of aryl methyl sites for hydroxylation is 1. The van der Waals surface area contributed by atoms with Gasteiger partial charge in [0.15, 0.2) is 17.3 Å². The first-order valence-corrected chi connectivity index (χ1v) is 10.4. The van der Waals surface area contributed by atoms with Gasteiger partial charge in [0.2, 0.25) is 0 Å². The number of carbonyl (C=O) groups is 1. The van der Waals surface area contributed by atoms with Crippen LogP contribution in [0.1, 0.15) is 32.2 Å². The number of nitrogens with zero attached hydrogens (tertiary/aromatic N) is 2. The highest BCUT2D eigenvalue weighted by Gasteiger charge is 2.24. The van der Waals surface area contributed by atoms with E-state index in [-0.39, 0.29) is 28.6 Å². The Hall–Kier alpha value is -2.98. The van der Waals surface area contributed by atoms with Gasteiger partial charge in [-0.15, -0.1) is 0 Å². The van der Waals surface area contributed by atoms with Crippen LogP contribution in [-0.2, 0) is 22.4 Å². The summed E-state index contributed by atoms with van der Waals surface area (Å²) in [6.45, 7) is 6.54. The fourth-order valence-corrected chi connectivity index (χ4v) is 3.26. The number of ether oxygens (including phenoxy) is 3. The zero-order valence-electron chi connectivity index (χ0n) is 17.7. The molecule has 0 bridgehead atoms. The lowest BCUT2D eigenvalue weighted by Gasteiger charge is -2.20. The minimum absolute atomic E-state index is 0.0241. The normalized spacial score (nSPS) is 12.6. The van der Waals surface area contributed by atoms with Crippen molar-refractivity contribution in [3.63, 3.8) is 0 Å². The van der Waals surface area contributed by atoms with Gasteiger partial charge in [0.1, 0.15) is 18.0 Å². The molecule has 0 N–H and O–H groups in total. The third-order valence-corrected chi connectivity index (χ3v) is 4.90. The van der Waals surface area contributed by atoms with Crippen LogP contribution in [0, 0.1) is 12.7 Å². The molecule has 0 fully saturated rings. The zero-order valence-corrected chi connectivity index (χ0v) is 18.5. The second-order valence-corrected chi connectivity index (χ2v) is 8.71. The summed E-state index contributed by atoms with van der Waals surface area (Å²) in [7, 11) is 1.43. The monoisotopic (exact) mass is 449 g/mol. The van der Waals surface area contributed by atoms with E-state index in [1.807, 2.05) is 0 Å². The number of imidazole rings is 1. The van der Waals surface area contributed by atoms with Crippen molar-refractivity contribution in [2.24, 2.45) is 0 Å². The number of rotatable bonds is 5. The van der Waals surface area contributed by atoms with Crippen LogP contribution in [0.15, 0.2) is 35.2 Å². The van der Waals surface area contributed by atoms with Crippen LogP contribution in [-0.4, -0.2) is 37.1 Å². The molecular weight excluding hydrogens is 427 g/mol. The molecule has 0 radical (unpaired) electrons. The molecule has 1 aromatic heterocycles. The Morgan fingerprint density at radius 3 is 2.55 bits per heavy atom. The van der Waals surface area contributed by atoms with Crippen LogP contribution in [0.25, 0.3) is 11.0 Å². The predicted molar refractivity (Wildman–Crippen MR) is 111 cm³/mol. The molecule has 0 saturated carbocycles. The molecule has 1 atom stereocenters. The minimum atomic E-state index is -2.46. The minimum Gasteiger partial charge on any atom is -0.768 e. The fourth-order valence-electron chi connectivity index (χ4n) is 2.87. The average Bonchev–Trinajstić information content (AvgIpc) is 3.04. The lowest BCUT2D eigenvalue weighted by molar-refractivity contribution is 0.0533. The molecule has 0 aliphatic carbocycles. The van der Waals surface area contributed by atoms with Crippen molar-refractivity contribution in [3.8, 4) is 11.5 Å². The Labute approximate surface area is 181 Å². The van der Waals surface area contributed by atoms with Gasteiger partial charge in [0.05, 0.1) is 18.1 Å². The number of halogens is 1. The van der Waals surface area contributed by atoms with Crippen LogP contribution in [0.4, 0.5) is 9.18 Å². The van der Waals surface area contributed by atoms with Gasteiger partial charge < -0.3 is 18.8 Å². The van der Waals surface area contributed by atoms with Gasteiger partial charge in [-0.05, 0) is 68.6 Å². The van der Waals surface area contributed by atoms with Crippen LogP contribution >= 0.6 is 0 Å². The van der Waals surface area contributed by atoms with E-state index in [4.69, 9.17) is 14.2 Å². The molecule has 1 unspecified atom stereocenters. The Bertz CT molecular complexity index is 1170. The predicted octanol–water partition coefficient (Wildman–Crippen LogP) is 4.09. The van der Waals surface area contributed by atoms with Crippen LogP contribution in [0.2, 0.25) is 0 Å². The summed E-state index contributed by atoms with van der Waals surface area (Å²) in [4.78, 5) is 17.2. The Morgan fingerprint density at radius 2 is 1.94 bits per heavy atom. The molecular formula is C21H22FN2O6S-. The third kappa shape index (κ3) is 5.02. The molecule has 3 rings (SSSR count). The van der Waals surface area contributed by atoms with Gasteiger partial charge in [-0.3, -0.25) is 4.21 Å². The number of aromatic nitrogens is 2. The number of carbonyl (C=O) groups excluding carboxylic acids is 1. The molecule has 8 nitrogen and oxygen atoms in total. The summed E-state index contributed by atoms with van der Waals surface area (Å²) in [6, 6.07) is 6.85. The van der Waals surface area contributed by atoms with Crippen molar-refractivity contribution in [1.82, 2.24) is 9.55 Å². The first kappa shape index (κ1) is 22.7. The van der Waals surface area contributed by atoms with Gasteiger partial charge in [0, 0.05) is 11.0 Å². The van der Waals surface area contributed by atoms with E-state index < -0.39 is 28.6 Å². The summed E-state index contributed by atoms with van der Waals surface area (Å²) in [5.41, 5.74) is 0.242.